The Morgan fingerprint density at radius 1 is 1.43 bits per heavy atom. The van der Waals surface area contributed by atoms with Crippen LogP contribution in [0.2, 0.25) is 5.15 Å². The molecule has 0 saturated heterocycles. The van der Waals surface area contributed by atoms with Gasteiger partial charge in [-0.2, -0.15) is 13.2 Å². The molecule has 0 radical (unpaired) electrons. The summed E-state index contributed by atoms with van der Waals surface area (Å²) in [6.07, 6.45) is -4.06. The largest absolute Gasteiger partial charge is 0.451 e. The fourth-order valence-electron chi connectivity index (χ4n) is 0.629. The summed E-state index contributed by atoms with van der Waals surface area (Å²) in [4.78, 5) is 16.3. The lowest BCUT2D eigenvalue weighted by atomic mass is 10.4. The van der Waals surface area contributed by atoms with Gasteiger partial charge in [0.1, 0.15) is 5.15 Å². The molecule has 0 N–H and O–H groups in total. The highest BCUT2D eigenvalue weighted by molar-refractivity contribution is 6.68. The molecule has 0 aliphatic carbocycles. The Balaban J connectivity index is 3.20. The first-order chi connectivity index (χ1) is 6.32. The van der Waals surface area contributed by atoms with Gasteiger partial charge in [0, 0.05) is 6.20 Å². The molecule has 0 aliphatic rings. The molecule has 1 aromatic rings. The van der Waals surface area contributed by atoms with Crippen molar-refractivity contribution in [3.8, 4) is 0 Å². The molecule has 8 heteroatoms. The Labute approximate surface area is 85.9 Å². The second-order valence-electron chi connectivity index (χ2n) is 2.17. The molecule has 0 unspecified atom stereocenters. The van der Waals surface area contributed by atoms with Crippen LogP contribution in [0.5, 0.6) is 0 Å². The molecule has 0 aromatic carbocycles. The van der Waals surface area contributed by atoms with Crippen LogP contribution in [-0.2, 0) is 6.18 Å². The molecule has 14 heavy (non-hydrogen) atoms. The van der Waals surface area contributed by atoms with E-state index in [0.29, 0.717) is 6.20 Å². The van der Waals surface area contributed by atoms with Crippen LogP contribution >= 0.6 is 23.2 Å². The number of carbonyl (C=O) groups excluding carboxylic acids is 1. The van der Waals surface area contributed by atoms with E-state index in [2.05, 4.69) is 9.97 Å². The third kappa shape index (κ3) is 2.33. The van der Waals surface area contributed by atoms with Gasteiger partial charge in [-0.15, -0.1) is 0 Å². The molecule has 0 amide bonds. The highest BCUT2D eigenvalue weighted by Gasteiger charge is 2.35. The van der Waals surface area contributed by atoms with Gasteiger partial charge in [0.2, 0.25) is 5.82 Å². The van der Waals surface area contributed by atoms with Gasteiger partial charge in [0.05, 0.1) is 5.56 Å². The molecule has 0 fully saturated rings. The molecule has 0 atom stereocenters. The summed E-state index contributed by atoms with van der Waals surface area (Å²) in [5.41, 5.74) is -0.360. The summed E-state index contributed by atoms with van der Waals surface area (Å²) in [7, 11) is 0. The van der Waals surface area contributed by atoms with Crippen LogP contribution in [0.4, 0.5) is 13.2 Å². The number of rotatable bonds is 1. The molecular weight excluding hydrogens is 244 g/mol. The van der Waals surface area contributed by atoms with Crippen LogP contribution < -0.4 is 0 Å². The molecule has 0 spiro atoms. The van der Waals surface area contributed by atoms with Crippen molar-refractivity contribution < 1.29 is 18.0 Å². The molecule has 1 heterocycles. The summed E-state index contributed by atoms with van der Waals surface area (Å²) >= 11 is 10.3. The minimum absolute atomic E-state index is 0.360. The Bertz CT molecular complexity index is 380. The highest BCUT2D eigenvalue weighted by Crippen LogP contribution is 2.27. The standard InChI is InChI=1S/C6HCl2F3N2O/c7-3-2(4(8)14)1-12-5(13-3)6(9,10)11/h1H. The fraction of sp³-hybridized carbons (Fsp3) is 0.167. The predicted molar refractivity (Wildman–Crippen MR) is 42.2 cm³/mol. The van der Waals surface area contributed by atoms with Gasteiger partial charge in [0.25, 0.3) is 5.24 Å². The van der Waals surface area contributed by atoms with E-state index in [1.165, 1.54) is 0 Å². The highest BCUT2D eigenvalue weighted by atomic mass is 35.5. The molecule has 1 aromatic heterocycles. The molecule has 0 aliphatic heterocycles. The molecule has 1 rings (SSSR count). The zero-order valence-electron chi connectivity index (χ0n) is 6.27. The minimum Gasteiger partial charge on any atom is -0.275 e. The first-order valence-corrected chi connectivity index (χ1v) is 3.87. The van der Waals surface area contributed by atoms with E-state index in [1.54, 1.807) is 0 Å². The fourth-order valence-corrected chi connectivity index (χ4v) is 1.03. The molecule has 0 saturated carbocycles. The Kier molecular flexibility index (Phi) is 2.96. The minimum atomic E-state index is -4.70. The van der Waals surface area contributed by atoms with Crippen LogP contribution in [0.15, 0.2) is 6.20 Å². The number of nitrogens with zero attached hydrogens (tertiary/aromatic N) is 2. The lowest BCUT2D eigenvalue weighted by molar-refractivity contribution is -0.145. The van der Waals surface area contributed by atoms with Crippen LogP contribution in [-0.4, -0.2) is 15.2 Å². The van der Waals surface area contributed by atoms with Gasteiger partial charge < -0.3 is 0 Å². The van der Waals surface area contributed by atoms with E-state index in [1.807, 2.05) is 0 Å². The number of hydrogen-bond donors (Lipinski definition) is 0. The van der Waals surface area contributed by atoms with Crippen molar-refractivity contribution in [3.63, 3.8) is 0 Å². The topological polar surface area (TPSA) is 42.9 Å². The van der Waals surface area contributed by atoms with Gasteiger partial charge in [-0.05, 0) is 11.6 Å². The smallest absolute Gasteiger partial charge is 0.275 e. The third-order valence-corrected chi connectivity index (χ3v) is 1.70. The monoisotopic (exact) mass is 244 g/mol. The summed E-state index contributed by atoms with van der Waals surface area (Å²) < 4.78 is 36.0. The van der Waals surface area contributed by atoms with Crippen molar-refractivity contribution >= 4 is 28.4 Å². The van der Waals surface area contributed by atoms with Crippen molar-refractivity contribution in [3.05, 3.63) is 22.7 Å². The summed E-state index contributed by atoms with van der Waals surface area (Å²) in [5.74, 6) is -1.41. The van der Waals surface area contributed by atoms with Crippen LogP contribution in [0.25, 0.3) is 0 Å². The lowest BCUT2D eigenvalue weighted by Crippen LogP contribution is -2.12. The maximum absolute atomic E-state index is 12.0. The molecule has 0 bridgehead atoms. The maximum atomic E-state index is 12.0. The van der Waals surface area contributed by atoms with E-state index in [-0.39, 0.29) is 5.56 Å². The number of hydrogen-bond acceptors (Lipinski definition) is 3. The van der Waals surface area contributed by atoms with Crippen LogP contribution in [0.3, 0.4) is 0 Å². The Morgan fingerprint density at radius 3 is 2.36 bits per heavy atom. The van der Waals surface area contributed by atoms with Crippen molar-refractivity contribution in [1.29, 1.82) is 0 Å². The van der Waals surface area contributed by atoms with Crippen LogP contribution in [0, 0.1) is 0 Å². The van der Waals surface area contributed by atoms with Crippen molar-refractivity contribution in [2.45, 2.75) is 6.18 Å². The van der Waals surface area contributed by atoms with E-state index in [9.17, 15) is 18.0 Å². The zero-order valence-corrected chi connectivity index (χ0v) is 7.78. The number of carbonyl (C=O) groups is 1. The first kappa shape index (κ1) is 11.2. The number of alkyl halides is 3. The molecular formula is C6HCl2F3N2O. The van der Waals surface area contributed by atoms with E-state index in [0.717, 1.165) is 0 Å². The quantitative estimate of drug-likeness (QED) is 0.563. The van der Waals surface area contributed by atoms with Gasteiger partial charge in [-0.3, -0.25) is 4.79 Å². The van der Waals surface area contributed by atoms with E-state index < -0.39 is 22.4 Å². The summed E-state index contributed by atoms with van der Waals surface area (Å²) in [5, 5.41) is -1.63. The molecule has 3 nitrogen and oxygen atoms in total. The van der Waals surface area contributed by atoms with Crippen molar-refractivity contribution in [2.24, 2.45) is 0 Å². The summed E-state index contributed by atoms with van der Waals surface area (Å²) in [6, 6.07) is 0. The second-order valence-corrected chi connectivity index (χ2v) is 2.87. The maximum Gasteiger partial charge on any atom is 0.451 e. The van der Waals surface area contributed by atoms with Gasteiger partial charge in [-0.1, -0.05) is 11.6 Å². The Hall–Kier alpha value is -0.880. The molecule has 76 valence electrons. The number of aromatic nitrogens is 2. The Morgan fingerprint density at radius 2 is 2.00 bits per heavy atom. The van der Waals surface area contributed by atoms with E-state index in [4.69, 9.17) is 23.2 Å². The summed E-state index contributed by atoms with van der Waals surface area (Å²) in [6.45, 7) is 0. The zero-order chi connectivity index (χ0) is 10.9. The normalized spacial score (nSPS) is 11.5. The van der Waals surface area contributed by atoms with Gasteiger partial charge >= 0.3 is 6.18 Å². The van der Waals surface area contributed by atoms with E-state index >= 15 is 0 Å². The third-order valence-electron chi connectivity index (χ3n) is 1.21. The van der Waals surface area contributed by atoms with Gasteiger partial charge in [0.15, 0.2) is 0 Å². The predicted octanol–water partition coefficient (Wildman–Crippen LogP) is 2.53. The van der Waals surface area contributed by atoms with Crippen molar-refractivity contribution in [1.82, 2.24) is 9.97 Å². The average molecular weight is 245 g/mol. The SMILES string of the molecule is O=C(Cl)c1cnc(C(F)(F)F)nc1Cl. The van der Waals surface area contributed by atoms with Gasteiger partial charge in [-0.25, -0.2) is 9.97 Å². The first-order valence-electron chi connectivity index (χ1n) is 3.12. The number of halogens is 5. The van der Waals surface area contributed by atoms with Crippen molar-refractivity contribution in [2.75, 3.05) is 0 Å². The van der Waals surface area contributed by atoms with Crippen LogP contribution in [0.1, 0.15) is 16.2 Å². The second kappa shape index (κ2) is 3.70. The average Bonchev–Trinajstić information content (AvgIpc) is 2.01. The lowest BCUT2D eigenvalue weighted by Gasteiger charge is -2.05.